The van der Waals surface area contributed by atoms with Crippen molar-refractivity contribution in [1.82, 2.24) is 4.98 Å². The van der Waals surface area contributed by atoms with Crippen LogP contribution in [0.25, 0.3) is 0 Å². The molecule has 0 saturated heterocycles. The van der Waals surface area contributed by atoms with Crippen LogP contribution in [0.3, 0.4) is 0 Å². The van der Waals surface area contributed by atoms with Crippen LogP contribution in [0.5, 0.6) is 0 Å². The molecule has 1 aromatic heterocycles. The van der Waals surface area contributed by atoms with E-state index in [2.05, 4.69) is 4.98 Å². The van der Waals surface area contributed by atoms with Crippen LogP contribution in [0, 0.1) is 10.1 Å². The number of hydrogen-bond acceptors (Lipinski definition) is 4. The van der Waals surface area contributed by atoms with Gasteiger partial charge in [-0.3, -0.25) is 15.1 Å². The molecular weight excluding hydrogens is 145 g/mol. The van der Waals surface area contributed by atoms with Crippen molar-refractivity contribution in [3.05, 3.63) is 22.5 Å². The van der Waals surface area contributed by atoms with Crippen molar-refractivity contribution in [2.24, 2.45) is 0 Å². The number of nitrogen functional groups attached to an aromatic ring is 1. The summed E-state index contributed by atoms with van der Waals surface area (Å²) in [4.78, 5) is 13.1. The van der Waals surface area contributed by atoms with E-state index in [1.165, 1.54) is 6.20 Å². The lowest BCUT2D eigenvalue weighted by molar-refractivity contribution is -0.384. The van der Waals surface area contributed by atoms with E-state index in [-0.39, 0.29) is 16.8 Å². The van der Waals surface area contributed by atoms with Gasteiger partial charge in [0.25, 0.3) is 0 Å². The fraction of sp³-hybridized carbons (Fsp3) is 0. The highest BCUT2D eigenvalue weighted by atomic mass is 16.6. The molecule has 2 N–H and O–H groups in total. The number of anilines is 1. The van der Waals surface area contributed by atoms with Gasteiger partial charge < -0.3 is 5.73 Å². The van der Waals surface area contributed by atoms with Crippen LogP contribution in [0.15, 0.2) is 12.4 Å². The molecule has 0 spiro atoms. The molecule has 0 saturated carbocycles. The van der Waals surface area contributed by atoms with Crippen molar-refractivity contribution >= 4 is 24.7 Å². The second-order valence-electron chi connectivity index (χ2n) is 1.92. The Hall–Kier alpha value is -1.59. The van der Waals surface area contributed by atoms with Crippen LogP contribution in [0.4, 0.5) is 11.4 Å². The van der Waals surface area contributed by atoms with Gasteiger partial charge in [-0.1, -0.05) is 0 Å². The lowest BCUT2D eigenvalue weighted by Gasteiger charge is -1.98. The quantitative estimate of drug-likeness (QED) is 0.327. The first kappa shape index (κ1) is 7.52. The lowest BCUT2D eigenvalue weighted by Crippen LogP contribution is -2.12. The Morgan fingerprint density at radius 1 is 1.64 bits per heavy atom. The molecule has 0 bridgehead atoms. The summed E-state index contributed by atoms with van der Waals surface area (Å²) in [5.74, 6) is 0. The van der Waals surface area contributed by atoms with E-state index in [1.807, 2.05) is 0 Å². The van der Waals surface area contributed by atoms with E-state index in [4.69, 9.17) is 13.6 Å². The van der Waals surface area contributed by atoms with Crippen molar-refractivity contribution in [2.45, 2.75) is 0 Å². The fourth-order valence-corrected chi connectivity index (χ4v) is 0.621. The molecule has 0 aliphatic heterocycles. The van der Waals surface area contributed by atoms with E-state index < -0.39 is 4.92 Å². The van der Waals surface area contributed by atoms with Crippen LogP contribution in [0.1, 0.15) is 0 Å². The summed E-state index contributed by atoms with van der Waals surface area (Å²) >= 11 is 0. The zero-order valence-corrected chi connectivity index (χ0v) is 5.52. The number of rotatable bonds is 1. The van der Waals surface area contributed by atoms with Crippen LogP contribution < -0.4 is 11.2 Å². The molecule has 1 rings (SSSR count). The van der Waals surface area contributed by atoms with Crippen LogP contribution in [0.2, 0.25) is 0 Å². The molecule has 0 fully saturated rings. The van der Waals surface area contributed by atoms with Crippen molar-refractivity contribution in [3.63, 3.8) is 0 Å². The first-order valence-corrected chi connectivity index (χ1v) is 2.76. The topological polar surface area (TPSA) is 82.0 Å². The molecule has 0 unspecified atom stereocenters. The molecule has 0 aromatic carbocycles. The number of nitrogens with two attached hydrogens (primary N) is 1. The Balaban J connectivity index is 3.27. The van der Waals surface area contributed by atoms with Gasteiger partial charge in [-0.05, 0) is 5.46 Å². The largest absolute Gasteiger partial charge is 0.394 e. The van der Waals surface area contributed by atoms with Crippen molar-refractivity contribution in [2.75, 3.05) is 5.73 Å². The zero-order valence-electron chi connectivity index (χ0n) is 5.52. The Morgan fingerprint density at radius 3 is 2.73 bits per heavy atom. The monoisotopic (exact) mass is 149 g/mol. The molecule has 5 nitrogen and oxygen atoms in total. The van der Waals surface area contributed by atoms with Gasteiger partial charge in [0, 0.05) is 6.20 Å². The number of hydrogen-bond donors (Lipinski definition) is 1. The maximum Gasteiger partial charge on any atom is 0.309 e. The molecule has 1 aromatic rings. The highest BCUT2D eigenvalue weighted by Crippen LogP contribution is 2.14. The Morgan fingerprint density at radius 2 is 2.27 bits per heavy atom. The second-order valence-corrected chi connectivity index (χ2v) is 1.92. The highest BCUT2D eigenvalue weighted by molar-refractivity contribution is 6.36. The third-order valence-corrected chi connectivity index (χ3v) is 1.19. The van der Waals surface area contributed by atoms with Crippen LogP contribution >= 0.6 is 0 Å². The minimum absolute atomic E-state index is 0.0370. The molecule has 1 heterocycles. The summed E-state index contributed by atoms with van der Waals surface area (Å²) in [6.07, 6.45) is 2.33. The summed E-state index contributed by atoms with van der Waals surface area (Å²) < 4.78 is 0. The molecule has 0 atom stereocenters. The molecule has 0 amide bonds. The minimum Gasteiger partial charge on any atom is -0.394 e. The van der Waals surface area contributed by atoms with Crippen molar-refractivity contribution in [1.29, 1.82) is 0 Å². The Bertz CT molecular complexity index is 302. The summed E-state index contributed by atoms with van der Waals surface area (Å²) in [7, 11) is 5.27. The standard InChI is InChI=1S/C5H4BN3O2/c6-3-1-8-2-4(5(3)7)9(10)11/h1-2H,(H2,7,8). The van der Waals surface area contributed by atoms with Gasteiger partial charge in [-0.15, -0.1) is 0 Å². The molecule has 2 radical (unpaired) electrons. The van der Waals surface area contributed by atoms with Crippen LogP contribution in [-0.2, 0) is 0 Å². The minimum atomic E-state index is -0.626. The average Bonchev–Trinajstić information content (AvgIpc) is 1.94. The third-order valence-electron chi connectivity index (χ3n) is 1.19. The molecule has 0 aliphatic carbocycles. The normalized spacial score (nSPS) is 9.45. The number of nitro groups is 1. The molecule has 11 heavy (non-hydrogen) atoms. The van der Waals surface area contributed by atoms with E-state index in [1.54, 1.807) is 0 Å². The van der Waals surface area contributed by atoms with Crippen LogP contribution in [-0.4, -0.2) is 17.8 Å². The summed E-state index contributed by atoms with van der Waals surface area (Å²) in [5, 5.41) is 10.2. The molecule has 54 valence electrons. The first-order chi connectivity index (χ1) is 5.13. The lowest BCUT2D eigenvalue weighted by atomic mass is 9.96. The first-order valence-electron chi connectivity index (χ1n) is 2.76. The smallest absolute Gasteiger partial charge is 0.309 e. The van der Waals surface area contributed by atoms with Gasteiger partial charge in [0.05, 0.1) is 4.92 Å². The summed E-state index contributed by atoms with van der Waals surface area (Å²) in [5.41, 5.74) is 5.10. The number of aromatic nitrogens is 1. The average molecular weight is 149 g/mol. The molecule has 0 aliphatic rings. The maximum absolute atomic E-state index is 10.2. The number of nitrogens with zero attached hydrogens (tertiary/aromatic N) is 2. The summed E-state index contributed by atoms with van der Waals surface area (Å²) in [6, 6.07) is 0. The molecular formula is C5H4BN3O2. The Labute approximate surface area is 63.8 Å². The predicted octanol–water partition coefficient (Wildman–Crippen LogP) is -0.634. The zero-order chi connectivity index (χ0) is 8.43. The van der Waals surface area contributed by atoms with Gasteiger partial charge >= 0.3 is 5.69 Å². The maximum atomic E-state index is 10.2. The van der Waals surface area contributed by atoms with E-state index in [9.17, 15) is 10.1 Å². The van der Waals surface area contributed by atoms with Gasteiger partial charge in [0.2, 0.25) is 0 Å². The van der Waals surface area contributed by atoms with E-state index in [0.717, 1.165) is 6.20 Å². The Kier molecular flexibility index (Phi) is 1.76. The highest BCUT2D eigenvalue weighted by Gasteiger charge is 2.11. The van der Waals surface area contributed by atoms with Crippen molar-refractivity contribution < 1.29 is 4.92 Å². The van der Waals surface area contributed by atoms with Gasteiger partial charge in [-0.2, -0.15) is 0 Å². The van der Waals surface area contributed by atoms with E-state index >= 15 is 0 Å². The van der Waals surface area contributed by atoms with Gasteiger partial charge in [-0.25, -0.2) is 0 Å². The number of pyridine rings is 1. The SMILES string of the molecule is [B]c1cncc([N+](=O)[O-])c1N. The molecule has 6 heteroatoms. The fourth-order valence-electron chi connectivity index (χ4n) is 0.621. The van der Waals surface area contributed by atoms with E-state index in [0.29, 0.717) is 0 Å². The predicted molar refractivity (Wildman–Crippen MR) is 40.7 cm³/mol. The van der Waals surface area contributed by atoms with Crippen molar-refractivity contribution in [3.8, 4) is 0 Å². The van der Waals surface area contributed by atoms with Gasteiger partial charge in [0.15, 0.2) is 0 Å². The summed E-state index contributed by atoms with van der Waals surface area (Å²) in [6.45, 7) is 0. The second kappa shape index (κ2) is 2.57. The third kappa shape index (κ3) is 1.29. The van der Waals surface area contributed by atoms with Gasteiger partial charge in [0.1, 0.15) is 19.7 Å².